The summed E-state index contributed by atoms with van der Waals surface area (Å²) in [5.41, 5.74) is 1.30. The van der Waals surface area contributed by atoms with Crippen molar-refractivity contribution in [2.24, 2.45) is 11.3 Å². The molecule has 2 heterocycles. The van der Waals surface area contributed by atoms with Crippen molar-refractivity contribution in [3.8, 4) is 11.3 Å². The van der Waals surface area contributed by atoms with Crippen LogP contribution in [0.2, 0.25) is 0 Å². The monoisotopic (exact) mass is 565 g/mol. The van der Waals surface area contributed by atoms with Crippen molar-refractivity contribution in [2.45, 2.75) is 60.7 Å². The van der Waals surface area contributed by atoms with Crippen LogP contribution in [0, 0.1) is 25.2 Å². The van der Waals surface area contributed by atoms with Gasteiger partial charge in [-0.05, 0) is 61.1 Å². The van der Waals surface area contributed by atoms with Gasteiger partial charge in [-0.15, -0.1) is 0 Å². The number of anilines is 1. The molecular formula is C31H34F3N5O2. The fraction of sp³-hybridized carbons (Fsp3) is 0.355. The molecule has 0 bridgehead atoms. The lowest BCUT2D eigenvalue weighted by atomic mass is 9.83. The summed E-state index contributed by atoms with van der Waals surface area (Å²) in [5.74, 6) is -0.339. The molecule has 0 saturated carbocycles. The van der Waals surface area contributed by atoms with E-state index in [-0.39, 0.29) is 23.9 Å². The normalized spacial score (nSPS) is 12.1. The standard InChI is InChI=1S/C31H34F3N5O2/c1-18(2)13-30(5,6)28(41)35-15-21-8-10-23(24(11-21)31(32,33)34)27(40)37-25-12-22(9-7-20(25)4)26-17-39-16-19(3)14-36-29(39)38-26/h7-12,14,16-18H,13,15H2,1-6H3,(H,35,41)(H,37,40). The molecule has 2 N–H and O–H groups in total. The van der Waals surface area contributed by atoms with Gasteiger partial charge in [0, 0.05) is 41.8 Å². The Bertz CT molecular complexity index is 1610. The first-order valence-electron chi connectivity index (χ1n) is 13.4. The number of amides is 2. The number of carbonyl (C=O) groups excluding carboxylic acids is 2. The highest BCUT2D eigenvalue weighted by Gasteiger charge is 2.36. The highest BCUT2D eigenvalue weighted by molar-refractivity contribution is 6.06. The van der Waals surface area contributed by atoms with Crippen LogP contribution in [0.4, 0.5) is 18.9 Å². The lowest BCUT2D eigenvalue weighted by molar-refractivity contribution is -0.138. The van der Waals surface area contributed by atoms with Crippen molar-refractivity contribution in [1.82, 2.24) is 19.7 Å². The first-order chi connectivity index (χ1) is 19.1. The van der Waals surface area contributed by atoms with Gasteiger partial charge in [-0.2, -0.15) is 13.2 Å². The fourth-order valence-electron chi connectivity index (χ4n) is 4.90. The number of fused-ring (bicyclic) bond motifs is 1. The number of hydrogen-bond donors (Lipinski definition) is 2. The third-order valence-electron chi connectivity index (χ3n) is 6.84. The van der Waals surface area contributed by atoms with E-state index in [1.807, 2.05) is 33.0 Å². The lowest BCUT2D eigenvalue weighted by Gasteiger charge is -2.25. The van der Waals surface area contributed by atoms with Crippen molar-refractivity contribution in [3.05, 3.63) is 82.8 Å². The number of benzene rings is 2. The second kappa shape index (κ2) is 11.3. The minimum absolute atomic E-state index is 0.0834. The molecule has 0 saturated heterocycles. The van der Waals surface area contributed by atoms with Crippen LogP contribution in [0.1, 0.15) is 66.7 Å². The van der Waals surface area contributed by atoms with E-state index in [1.54, 1.807) is 49.7 Å². The molecule has 0 unspecified atom stereocenters. The van der Waals surface area contributed by atoms with E-state index >= 15 is 0 Å². The van der Waals surface area contributed by atoms with E-state index in [1.165, 1.54) is 6.07 Å². The Morgan fingerprint density at radius 1 is 1.02 bits per heavy atom. The van der Waals surface area contributed by atoms with Crippen molar-refractivity contribution < 1.29 is 22.8 Å². The Balaban J connectivity index is 1.57. The third-order valence-corrected chi connectivity index (χ3v) is 6.84. The second-order valence-electron chi connectivity index (χ2n) is 11.5. The maximum atomic E-state index is 14.1. The predicted molar refractivity (Wildman–Crippen MR) is 152 cm³/mol. The number of aryl methyl sites for hydroxylation is 2. The quantitative estimate of drug-likeness (QED) is 0.241. The van der Waals surface area contributed by atoms with Gasteiger partial charge in [0.2, 0.25) is 11.7 Å². The van der Waals surface area contributed by atoms with Crippen LogP contribution >= 0.6 is 0 Å². The molecule has 2 amide bonds. The number of carbonyl (C=O) groups is 2. The van der Waals surface area contributed by atoms with Gasteiger partial charge in [0.1, 0.15) is 0 Å². The molecule has 0 radical (unpaired) electrons. The summed E-state index contributed by atoms with van der Waals surface area (Å²) in [5, 5.41) is 5.38. The molecule has 216 valence electrons. The van der Waals surface area contributed by atoms with Crippen LogP contribution in [0.25, 0.3) is 17.0 Å². The van der Waals surface area contributed by atoms with Gasteiger partial charge in [-0.3, -0.25) is 14.0 Å². The Morgan fingerprint density at radius 3 is 2.44 bits per heavy atom. The molecule has 7 nitrogen and oxygen atoms in total. The van der Waals surface area contributed by atoms with E-state index in [0.29, 0.717) is 34.7 Å². The van der Waals surface area contributed by atoms with E-state index in [2.05, 4.69) is 20.6 Å². The smallest absolute Gasteiger partial charge is 0.352 e. The summed E-state index contributed by atoms with van der Waals surface area (Å²) >= 11 is 0. The van der Waals surface area contributed by atoms with Crippen molar-refractivity contribution >= 4 is 23.3 Å². The zero-order valence-corrected chi connectivity index (χ0v) is 24.0. The fourth-order valence-corrected chi connectivity index (χ4v) is 4.90. The minimum Gasteiger partial charge on any atom is -0.352 e. The van der Waals surface area contributed by atoms with Gasteiger partial charge in [0.25, 0.3) is 5.91 Å². The summed E-state index contributed by atoms with van der Waals surface area (Å²) < 4.78 is 44.0. The summed E-state index contributed by atoms with van der Waals surface area (Å²) in [6.07, 6.45) is 1.26. The topological polar surface area (TPSA) is 88.4 Å². The zero-order chi connectivity index (χ0) is 30.1. The Labute approximate surface area is 237 Å². The highest BCUT2D eigenvalue weighted by Crippen LogP contribution is 2.34. The molecule has 0 aliphatic rings. The first-order valence-corrected chi connectivity index (χ1v) is 13.4. The number of nitrogens with zero attached hydrogens (tertiary/aromatic N) is 3. The van der Waals surface area contributed by atoms with Crippen LogP contribution in [-0.4, -0.2) is 26.2 Å². The van der Waals surface area contributed by atoms with Gasteiger partial charge in [0.15, 0.2) is 0 Å². The van der Waals surface area contributed by atoms with Crippen LogP contribution in [-0.2, 0) is 17.5 Å². The Kier molecular flexibility index (Phi) is 8.24. The van der Waals surface area contributed by atoms with Crippen molar-refractivity contribution in [3.63, 3.8) is 0 Å². The molecule has 2 aromatic heterocycles. The molecule has 41 heavy (non-hydrogen) atoms. The number of rotatable bonds is 8. The summed E-state index contributed by atoms with van der Waals surface area (Å²) in [6, 6.07) is 8.76. The van der Waals surface area contributed by atoms with Crippen molar-refractivity contribution in [2.75, 3.05) is 5.32 Å². The van der Waals surface area contributed by atoms with Gasteiger partial charge in [-0.1, -0.05) is 45.9 Å². The molecule has 0 aliphatic carbocycles. The summed E-state index contributed by atoms with van der Waals surface area (Å²) in [6.45, 7) is 11.2. The molecule has 4 rings (SSSR count). The predicted octanol–water partition coefficient (Wildman–Crippen LogP) is 6.97. The average Bonchev–Trinajstić information content (AvgIpc) is 3.30. The lowest BCUT2D eigenvalue weighted by Crippen LogP contribution is -2.37. The maximum Gasteiger partial charge on any atom is 0.417 e. The number of nitrogens with one attached hydrogen (secondary N) is 2. The number of halogens is 3. The molecule has 0 aliphatic heterocycles. The van der Waals surface area contributed by atoms with Gasteiger partial charge < -0.3 is 10.6 Å². The molecule has 0 spiro atoms. The number of aromatic nitrogens is 3. The highest BCUT2D eigenvalue weighted by atomic mass is 19.4. The van der Waals surface area contributed by atoms with Gasteiger partial charge in [0.05, 0.1) is 16.8 Å². The molecule has 2 aromatic carbocycles. The molecule has 0 atom stereocenters. The first kappa shape index (κ1) is 29.8. The minimum atomic E-state index is -4.78. The van der Waals surface area contributed by atoms with Crippen molar-refractivity contribution in [1.29, 1.82) is 0 Å². The van der Waals surface area contributed by atoms with Crippen LogP contribution in [0.3, 0.4) is 0 Å². The average molecular weight is 566 g/mol. The number of imidazole rings is 1. The number of hydrogen-bond acceptors (Lipinski definition) is 4. The van der Waals surface area contributed by atoms with E-state index in [0.717, 1.165) is 17.7 Å². The Morgan fingerprint density at radius 2 is 1.76 bits per heavy atom. The van der Waals surface area contributed by atoms with E-state index in [9.17, 15) is 22.8 Å². The largest absolute Gasteiger partial charge is 0.417 e. The van der Waals surface area contributed by atoms with Crippen LogP contribution < -0.4 is 10.6 Å². The van der Waals surface area contributed by atoms with E-state index < -0.39 is 28.6 Å². The summed E-state index contributed by atoms with van der Waals surface area (Å²) in [7, 11) is 0. The molecule has 10 heteroatoms. The molecular weight excluding hydrogens is 531 g/mol. The van der Waals surface area contributed by atoms with Crippen LogP contribution in [0.5, 0.6) is 0 Å². The SMILES string of the molecule is Cc1cnc2nc(-c3ccc(C)c(NC(=O)c4ccc(CNC(=O)C(C)(C)CC(C)C)cc4C(F)(F)F)c3)cn2c1. The summed E-state index contributed by atoms with van der Waals surface area (Å²) in [4.78, 5) is 34.6. The van der Waals surface area contributed by atoms with Crippen LogP contribution in [0.15, 0.2) is 55.0 Å². The molecule has 0 fully saturated rings. The van der Waals surface area contributed by atoms with Gasteiger partial charge >= 0.3 is 6.18 Å². The Hall–Kier alpha value is -4.21. The van der Waals surface area contributed by atoms with E-state index in [4.69, 9.17) is 0 Å². The second-order valence-corrected chi connectivity index (χ2v) is 11.5. The molecule has 4 aromatic rings. The zero-order valence-electron chi connectivity index (χ0n) is 24.0. The number of alkyl halides is 3. The maximum absolute atomic E-state index is 14.1. The third kappa shape index (κ3) is 6.93. The van der Waals surface area contributed by atoms with Gasteiger partial charge in [-0.25, -0.2) is 9.97 Å².